The minimum absolute atomic E-state index is 0.164. The number of nitrogens with zero attached hydrogens (tertiary/aromatic N) is 1. The van der Waals surface area contributed by atoms with Crippen LogP contribution in [0.2, 0.25) is 5.02 Å². The average molecular weight is 301 g/mol. The number of piperazine rings is 1. The van der Waals surface area contributed by atoms with Crippen LogP contribution in [0.3, 0.4) is 0 Å². The lowest BCUT2D eigenvalue weighted by Gasteiger charge is -2.42. The van der Waals surface area contributed by atoms with Gasteiger partial charge in [0.05, 0.1) is 10.7 Å². The quantitative estimate of drug-likeness (QED) is 0.918. The fourth-order valence-electron chi connectivity index (χ4n) is 3.09. The number of hydrogen-bond donors (Lipinski definition) is 1. The summed E-state index contributed by atoms with van der Waals surface area (Å²) < 4.78 is 27.4. The molecule has 2 atom stereocenters. The van der Waals surface area contributed by atoms with Gasteiger partial charge in [0.1, 0.15) is 5.82 Å². The summed E-state index contributed by atoms with van der Waals surface area (Å²) in [4.78, 5) is 2.02. The van der Waals surface area contributed by atoms with Crippen molar-refractivity contribution >= 4 is 17.3 Å². The number of rotatable bonds is 3. The number of hydrogen-bond acceptors (Lipinski definition) is 2. The molecule has 1 saturated heterocycles. The molecule has 2 nitrogen and oxygen atoms in total. The number of anilines is 1. The fraction of sp³-hybridized carbons (Fsp3) is 0.600. The first kappa shape index (κ1) is 14.1. The van der Waals surface area contributed by atoms with Crippen LogP contribution in [0.4, 0.5) is 14.5 Å². The van der Waals surface area contributed by atoms with Crippen molar-refractivity contribution in [3.8, 4) is 0 Å². The summed E-state index contributed by atoms with van der Waals surface area (Å²) in [6.45, 7) is 3.64. The van der Waals surface area contributed by atoms with Crippen molar-refractivity contribution < 1.29 is 8.78 Å². The first-order valence-corrected chi connectivity index (χ1v) is 7.62. The van der Waals surface area contributed by atoms with E-state index in [9.17, 15) is 8.78 Å². The van der Waals surface area contributed by atoms with Crippen LogP contribution in [0, 0.1) is 17.6 Å². The van der Waals surface area contributed by atoms with Crippen LogP contribution in [-0.2, 0) is 0 Å². The van der Waals surface area contributed by atoms with Crippen LogP contribution < -0.4 is 10.2 Å². The number of benzene rings is 1. The summed E-state index contributed by atoms with van der Waals surface area (Å²) in [7, 11) is 0. The van der Waals surface area contributed by atoms with Crippen LogP contribution >= 0.6 is 11.6 Å². The molecule has 0 amide bonds. The molecule has 0 radical (unpaired) electrons. The molecule has 0 bridgehead atoms. The van der Waals surface area contributed by atoms with Gasteiger partial charge >= 0.3 is 0 Å². The lowest BCUT2D eigenvalue weighted by atomic mass is 10.0. The SMILES string of the molecule is CCC1CNC(C2CC2)CN1c1c(F)cc(F)cc1Cl. The first-order valence-electron chi connectivity index (χ1n) is 7.24. The topological polar surface area (TPSA) is 15.3 Å². The van der Waals surface area contributed by atoms with Crippen LogP contribution in [0.25, 0.3) is 0 Å². The third-order valence-electron chi connectivity index (χ3n) is 4.38. The van der Waals surface area contributed by atoms with Crippen molar-refractivity contribution in [3.63, 3.8) is 0 Å². The van der Waals surface area contributed by atoms with Crippen molar-refractivity contribution in [3.05, 3.63) is 28.8 Å². The highest BCUT2D eigenvalue weighted by Gasteiger charge is 2.38. The Labute approximate surface area is 123 Å². The maximum Gasteiger partial charge on any atom is 0.150 e. The smallest absolute Gasteiger partial charge is 0.150 e. The second-order valence-electron chi connectivity index (χ2n) is 5.78. The Balaban J connectivity index is 1.92. The van der Waals surface area contributed by atoms with Gasteiger partial charge in [-0.25, -0.2) is 8.78 Å². The number of halogens is 3. The van der Waals surface area contributed by atoms with Gasteiger partial charge < -0.3 is 10.2 Å². The Bertz CT molecular complexity index is 482. The molecule has 3 rings (SSSR count). The summed E-state index contributed by atoms with van der Waals surface area (Å²) in [5.41, 5.74) is 0.354. The third kappa shape index (κ3) is 2.63. The van der Waals surface area contributed by atoms with Crippen LogP contribution in [0.15, 0.2) is 12.1 Å². The van der Waals surface area contributed by atoms with Crippen molar-refractivity contribution in [2.45, 2.75) is 38.3 Å². The van der Waals surface area contributed by atoms with Gasteiger partial charge in [-0.05, 0) is 31.2 Å². The summed E-state index contributed by atoms with van der Waals surface area (Å²) >= 11 is 6.09. The van der Waals surface area contributed by atoms with E-state index in [1.807, 2.05) is 4.90 Å². The van der Waals surface area contributed by atoms with E-state index in [2.05, 4.69) is 12.2 Å². The molecule has 2 aliphatic rings. The van der Waals surface area contributed by atoms with Crippen LogP contribution in [0.5, 0.6) is 0 Å². The van der Waals surface area contributed by atoms with Gasteiger partial charge in [0.15, 0.2) is 5.82 Å². The van der Waals surface area contributed by atoms with Gasteiger partial charge in [0.2, 0.25) is 0 Å². The van der Waals surface area contributed by atoms with E-state index in [1.54, 1.807) is 0 Å². The van der Waals surface area contributed by atoms with E-state index >= 15 is 0 Å². The molecule has 20 heavy (non-hydrogen) atoms. The second kappa shape index (κ2) is 5.49. The van der Waals surface area contributed by atoms with E-state index in [0.29, 0.717) is 17.6 Å². The predicted octanol–water partition coefficient (Wildman–Crippen LogP) is 3.59. The summed E-state index contributed by atoms with van der Waals surface area (Å²) in [5, 5.41) is 3.72. The molecule has 0 spiro atoms. The zero-order valence-corrected chi connectivity index (χ0v) is 12.3. The second-order valence-corrected chi connectivity index (χ2v) is 6.19. The molecule has 2 fully saturated rings. The molecule has 110 valence electrons. The van der Waals surface area contributed by atoms with E-state index in [0.717, 1.165) is 25.6 Å². The molecule has 1 N–H and O–H groups in total. The Morgan fingerprint density at radius 3 is 2.70 bits per heavy atom. The maximum atomic E-state index is 14.2. The zero-order chi connectivity index (χ0) is 14.3. The molecule has 0 aromatic heterocycles. The van der Waals surface area contributed by atoms with E-state index in [-0.39, 0.29) is 11.1 Å². The van der Waals surface area contributed by atoms with E-state index < -0.39 is 11.6 Å². The molecule has 1 aromatic carbocycles. The predicted molar refractivity (Wildman–Crippen MR) is 77.3 cm³/mol. The van der Waals surface area contributed by atoms with Crippen LogP contribution in [0.1, 0.15) is 26.2 Å². The average Bonchev–Trinajstić information content (AvgIpc) is 3.21. The van der Waals surface area contributed by atoms with Gasteiger partial charge in [-0.2, -0.15) is 0 Å². The van der Waals surface area contributed by atoms with E-state index in [4.69, 9.17) is 11.6 Å². The highest BCUT2D eigenvalue weighted by atomic mass is 35.5. The molecule has 1 aromatic rings. The third-order valence-corrected chi connectivity index (χ3v) is 4.67. The maximum absolute atomic E-state index is 14.2. The largest absolute Gasteiger partial charge is 0.362 e. The Morgan fingerprint density at radius 2 is 2.10 bits per heavy atom. The zero-order valence-electron chi connectivity index (χ0n) is 11.5. The van der Waals surface area contributed by atoms with Gasteiger partial charge in [0, 0.05) is 31.2 Å². The highest BCUT2D eigenvalue weighted by molar-refractivity contribution is 6.33. The lowest BCUT2D eigenvalue weighted by molar-refractivity contribution is 0.357. The molecule has 1 aliphatic carbocycles. The summed E-state index contributed by atoms with van der Waals surface area (Å²) in [6, 6.07) is 2.70. The van der Waals surface area contributed by atoms with Crippen molar-refractivity contribution in [2.75, 3.05) is 18.0 Å². The Morgan fingerprint density at radius 1 is 1.35 bits per heavy atom. The Hall–Kier alpha value is -0.870. The molecule has 1 heterocycles. The van der Waals surface area contributed by atoms with Gasteiger partial charge in [-0.3, -0.25) is 0 Å². The normalized spacial score (nSPS) is 26.9. The van der Waals surface area contributed by atoms with Crippen molar-refractivity contribution in [1.29, 1.82) is 0 Å². The minimum Gasteiger partial charge on any atom is -0.362 e. The van der Waals surface area contributed by atoms with Crippen LogP contribution in [-0.4, -0.2) is 25.2 Å². The lowest BCUT2D eigenvalue weighted by Crippen LogP contribution is -2.57. The summed E-state index contributed by atoms with van der Waals surface area (Å²) in [6.07, 6.45) is 3.38. The van der Waals surface area contributed by atoms with Crippen molar-refractivity contribution in [2.24, 2.45) is 5.92 Å². The van der Waals surface area contributed by atoms with Crippen molar-refractivity contribution in [1.82, 2.24) is 5.32 Å². The Kier molecular flexibility index (Phi) is 3.87. The standard InChI is InChI=1S/C15H19ClF2N2/c1-2-11-7-19-14(9-3-4-9)8-20(11)15-12(16)5-10(17)6-13(15)18/h5-6,9,11,14,19H,2-4,7-8H2,1H3. The fourth-order valence-corrected chi connectivity index (χ4v) is 3.39. The van der Waals surface area contributed by atoms with Gasteiger partial charge in [0.25, 0.3) is 0 Å². The molecule has 1 saturated carbocycles. The summed E-state index contributed by atoms with van der Waals surface area (Å²) in [5.74, 6) is -0.499. The number of nitrogens with one attached hydrogen (secondary N) is 1. The molecule has 1 aliphatic heterocycles. The van der Waals surface area contributed by atoms with Gasteiger partial charge in [-0.15, -0.1) is 0 Å². The minimum atomic E-state index is -0.627. The molecular weight excluding hydrogens is 282 g/mol. The highest BCUT2D eigenvalue weighted by Crippen LogP contribution is 2.38. The molecule has 5 heteroatoms. The van der Waals surface area contributed by atoms with Gasteiger partial charge in [-0.1, -0.05) is 18.5 Å². The van der Waals surface area contributed by atoms with E-state index in [1.165, 1.54) is 18.9 Å². The molecule has 2 unspecified atom stereocenters. The monoisotopic (exact) mass is 300 g/mol. The molecular formula is C15H19ClF2N2. The first-order chi connectivity index (χ1) is 9.60.